The van der Waals surface area contributed by atoms with Gasteiger partial charge in [-0.05, 0) is 19.4 Å². The van der Waals surface area contributed by atoms with Gasteiger partial charge in [0.2, 0.25) is 11.8 Å². The molecule has 0 saturated carbocycles. The van der Waals surface area contributed by atoms with Crippen molar-refractivity contribution in [3.63, 3.8) is 0 Å². The van der Waals surface area contributed by atoms with Crippen molar-refractivity contribution in [1.82, 2.24) is 16.0 Å². The lowest BCUT2D eigenvalue weighted by Gasteiger charge is -2.24. The van der Waals surface area contributed by atoms with Gasteiger partial charge in [-0.2, -0.15) is 0 Å². The van der Waals surface area contributed by atoms with Crippen molar-refractivity contribution < 1.29 is 9.59 Å². The standard InChI is InChI=1S/C9H15N3O2/c13-8-2-1-7(9(14)12-8)11-6-3-4-10-5-6/h6-7,10-11H,1-5H2,(H,12,13,14)/t6-,7+/m0/s1. The van der Waals surface area contributed by atoms with Gasteiger partial charge >= 0.3 is 0 Å². The molecule has 0 aliphatic carbocycles. The SMILES string of the molecule is O=C1CC[C@@H](N[C@H]2CCNC2)C(=O)N1. The summed E-state index contributed by atoms with van der Waals surface area (Å²) in [5, 5.41) is 8.83. The fourth-order valence-electron chi connectivity index (χ4n) is 1.93. The van der Waals surface area contributed by atoms with Crippen LogP contribution in [0.25, 0.3) is 0 Å². The zero-order valence-corrected chi connectivity index (χ0v) is 8.01. The van der Waals surface area contributed by atoms with Crippen LogP contribution in [0.4, 0.5) is 0 Å². The van der Waals surface area contributed by atoms with Crippen LogP contribution in [0.5, 0.6) is 0 Å². The summed E-state index contributed by atoms with van der Waals surface area (Å²) in [5.41, 5.74) is 0. The second kappa shape index (κ2) is 4.06. The van der Waals surface area contributed by atoms with Gasteiger partial charge in [0, 0.05) is 19.0 Å². The Morgan fingerprint density at radius 3 is 2.79 bits per heavy atom. The Balaban J connectivity index is 1.85. The number of piperidine rings is 1. The minimum atomic E-state index is -0.183. The van der Waals surface area contributed by atoms with Gasteiger partial charge < -0.3 is 10.6 Å². The molecule has 0 spiro atoms. The van der Waals surface area contributed by atoms with Crippen LogP contribution in [-0.4, -0.2) is 37.0 Å². The molecule has 2 saturated heterocycles. The van der Waals surface area contributed by atoms with Crippen molar-refractivity contribution >= 4 is 11.8 Å². The molecule has 0 radical (unpaired) electrons. The monoisotopic (exact) mass is 197 g/mol. The molecule has 78 valence electrons. The lowest BCUT2D eigenvalue weighted by atomic mass is 10.0. The maximum Gasteiger partial charge on any atom is 0.243 e. The van der Waals surface area contributed by atoms with E-state index in [1.165, 1.54) is 0 Å². The Morgan fingerprint density at radius 1 is 1.29 bits per heavy atom. The summed E-state index contributed by atoms with van der Waals surface area (Å²) in [4.78, 5) is 22.3. The van der Waals surface area contributed by atoms with Crippen LogP contribution in [0.2, 0.25) is 0 Å². The minimum absolute atomic E-state index is 0.155. The van der Waals surface area contributed by atoms with E-state index in [9.17, 15) is 9.59 Å². The molecule has 2 amide bonds. The number of hydrogen-bond donors (Lipinski definition) is 3. The number of imide groups is 1. The van der Waals surface area contributed by atoms with Gasteiger partial charge in [0.15, 0.2) is 0 Å². The lowest BCUT2D eigenvalue weighted by Crippen LogP contribution is -2.53. The second-order valence-corrected chi connectivity index (χ2v) is 3.86. The van der Waals surface area contributed by atoms with Crippen LogP contribution < -0.4 is 16.0 Å². The van der Waals surface area contributed by atoms with Crippen LogP contribution in [0.1, 0.15) is 19.3 Å². The summed E-state index contributed by atoms with van der Waals surface area (Å²) in [7, 11) is 0. The second-order valence-electron chi connectivity index (χ2n) is 3.86. The number of carbonyl (C=O) groups excluding carboxylic acids is 2. The Hall–Kier alpha value is -0.940. The molecule has 2 aliphatic heterocycles. The third kappa shape index (κ3) is 2.10. The molecular formula is C9H15N3O2. The third-order valence-electron chi connectivity index (χ3n) is 2.74. The molecule has 0 bridgehead atoms. The fraction of sp³-hybridized carbons (Fsp3) is 0.778. The van der Waals surface area contributed by atoms with Crippen LogP contribution in [0.3, 0.4) is 0 Å². The van der Waals surface area contributed by atoms with E-state index < -0.39 is 0 Å². The molecular weight excluding hydrogens is 182 g/mol. The van der Waals surface area contributed by atoms with Gasteiger partial charge in [0.1, 0.15) is 0 Å². The van der Waals surface area contributed by atoms with Gasteiger partial charge in [-0.1, -0.05) is 0 Å². The highest BCUT2D eigenvalue weighted by molar-refractivity contribution is 6.00. The molecule has 3 N–H and O–H groups in total. The molecule has 0 aromatic carbocycles. The molecule has 2 aliphatic rings. The molecule has 0 aromatic heterocycles. The van der Waals surface area contributed by atoms with Gasteiger partial charge in [0.05, 0.1) is 6.04 Å². The van der Waals surface area contributed by atoms with E-state index >= 15 is 0 Å². The topological polar surface area (TPSA) is 70.2 Å². The van der Waals surface area contributed by atoms with E-state index in [2.05, 4.69) is 16.0 Å². The lowest BCUT2D eigenvalue weighted by molar-refractivity contribution is -0.134. The van der Waals surface area contributed by atoms with Gasteiger partial charge in [-0.25, -0.2) is 0 Å². The van der Waals surface area contributed by atoms with E-state index in [1.807, 2.05) is 0 Å². The molecule has 14 heavy (non-hydrogen) atoms. The zero-order valence-electron chi connectivity index (χ0n) is 8.01. The number of nitrogens with one attached hydrogen (secondary N) is 3. The maximum atomic E-state index is 11.4. The van der Waals surface area contributed by atoms with Crippen LogP contribution in [-0.2, 0) is 9.59 Å². The number of hydrogen-bond acceptors (Lipinski definition) is 4. The highest BCUT2D eigenvalue weighted by Crippen LogP contribution is 2.07. The Kier molecular flexibility index (Phi) is 2.79. The number of amides is 2. The molecule has 5 nitrogen and oxygen atoms in total. The van der Waals surface area contributed by atoms with Crippen LogP contribution in [0, 0.1) is 0 Å². The molecule has 2 rings (SSSR count). The Labute approximate surface area is 82.6 Å². The Bertz CT molecular complexity index is 248. The maximum absolute atomic E-state index is 11.4. The van der Waals surface area contributed by atoms with Crippen LogP contribution in [0.15, 0.2) is 0 Å². The van der Waals surface area contributed by atoms with Crippen molar-refractivity contribution in [2.24, 2.45) is 0 Å². The first-order valence-electron chi connectivity index (χ1n) is 5.06. The minimum Gasteiger partial charge on any atom is -0.315 e. The van der Waals surface area contributed by atoms with E-state index in [0.717, 1.165) is 19.5 Å². The predicted molar refractivity (Wildman–Crippen MR) is 50.6 cm³/mol. The summed E-state index contributed by atoms with van der Waals surface area (Å²) >= 11 is 0. The molecule has 2 atom stereocenters. The summed E-state index contributed by atoms with van der Waals surface area (Å²) in [6, 6.07) is 0.191. The van der Waals surface area contributed by atoms with Gasteiger partial charge in [0.25, 0.3) is 0 Å². The summed E-state index contributed by atoms with van der Waals surface area (Å²) < 4.78 is 0. The fourth-order valence-corrected chi connectivity index (χ4v) is 1.93. The molecule has 0 aromatic rings. The van der Waals surface area contributed by atoms with Crippen LogP contribution >= 0.6 is 0 Å². The largest absolute Gasteiger partial charge is 0.315 e. The quantitative estimate of drug-likeness (QED) is 0.483. The smallest absolute Gasteiger partial charge is 0.243 e. The normalized spacial score (nSPS) is 33.1. The molecule has 2 heterocycles. The van der Waals surface area contributed by atoms with Crippen molar-refractivity contribution in [1.29, 1.82) is 0 Å². The Morgan fingerprint density at radius 2 is 2.14 bits per heavy atom. The van der Waals surface area contributed by atoms with Crippen molar-refractivity contribution in [3.05, 3.63) is 0 Å². The zero-order chi connectivity index (χ0) is 9.97. The summed E-state index contributed by atoms with van der Waals surface area (Å²) in [6.45, 7) is 1.92. The van der Waals surface area contributed by atoms with Crippen molar-refractivity contribution in [2.45, 2.75) is 31.3 Å². The van der Waals surface area contributed by atoms with Gasteiger partial charge in [-0.3, -0.25) is 14.9 Å². The van der Waals surface area contributed by atoms with E-state index in [-0.39, 0.29) is 17.9 Å². The van der Waals surface area contributed by atoms with E-state index in [4.69, 9.17) is 0 Å². The van der Waals surface area contributed by atoms with E-state index in [1.54, 1.807) is 0 Å². The first kappa shape index (κ1) is 9.61. The highest BCUT2D eigenvalue weighted by Gasteiger charge is 2.28. The highest BCUT2D eigenvalue weighted by atomic mass is 16.2. The van der Waals surface area contributed by atoms with Crippen molar-refractivity contribution in [2.75, 3.05) is 13.1 Å². The summed E-state index contributed by atoms with van der Waals surface area (Å²) in [5.74, 6) is -0.328. The predicted octanol–water partition coefficient (Wildman–Crippen LogP) is -1.26. The first-order valence-corrected chi connectivity index (χ1v) is 5.06. The average Bonchev–Trinajstić information content (AvgIpc) is 2.62. The first-order chi connectivity index (χ1) is 6.75. The third-order valence-corrected chi connectivity index (χ3v) is 2.74. The average molecular weight is 197 g/mol. The van der Waals surface area contributed by atoms with E-state index in [0.29, 0.717) is 18.9 Å². The van der Waals surface area contributed by atoms with Gasteiger partial charge in [-0.15, -0.1) is 0 Å². The number of carbonyl (C=O) groups is 2. The van der Waals surface area contributed by atoms with Crippen molar-refractivity contribution in [3.8, 4) is 0 Å². The summed E-state index contributed by atoms with van der Waals surface area (Å²) in [6.07, 6.45) is 2.13. The molecule has 2 fully saturated rings. The molecule has 5 heteroatoms. The molecule has 0 unspecified atom stereocenters. The number of rotatable bonds is 2.